The molecule has 0 aliphatic carbocycles. The zero-order valence-corrected chi connectivity index (χ0v) is 20.5. The van der Waals surface area contributed by atoms with Crippen LogP contribution in [0.15, 0.2) is 81.3 Å². The van der Waals surface area contributed by atoms with Crippen LogP contribution in [-0.2, 0) is 16.1 Å². The molecule has 35 heavy (non-hydrogen) atoms. The SMILES string of the molecule is COC(=O)c1ccc2c(=O)n(Cc3ccco3)c(SCC(=O)N(C)C(C)c3ccccc3)nc2c1. The van der Waals surface area contributed by atoms with E-state index in [2.05, 4.69) is 4.98 Å². The number of nitrogens with zero attached hydrogens (tertiary/aromatic N) is 3. The van der Waals surface area contributed by atoms with Gasteiger partial charge in [0, 0.05) is 7.05 Å². The van der Waals surface area contributed by atoms with Crippen molar-refractivity contribution < 1.29 is 18.7 Å². The van der Waals surface area contributed by atoms with Crippen LogP contribution in [0.25, 0.3) is 10.9 Å². The molecule has 0 bridgehead atoms. The average Bonchev–Trinajstić information content (AvgIpc) is 3.41. The quantitative estimate of drug-likeness (QED) is 0.208. The molecule has 4 aromatic rings. The summed E-state index contributed by atoms with van der Waals surface area (Å²) >= 11 is 1.17. The number of fused-ring (bicyclic) bond motifs is 1. The molecule has 1 atom stereocenters. The first-order chi connectivity index (χ1) is 16.9. The summed E-state index contributed by atoms with van der Waals surface area (Å²) in [5.41, 5.74) is 1.39. The number of carbonyl (C=O) groups is 2. The van der Waals surface area contributed by atoms with Crippen molar-refractivity contribution in [2.24, 2.45) is 0 Å². The Hall–Kier alpha value is -3.85. The van der Waals surface area contributed by atoms with Crippen molar-refractivity contribution in [2.45, 2.75) is 24.7 Å². The van der Waals surface area contributed by atoms with Gasteiger partial charge in [0.1, 0.15) is 5.76 Å². The van der Waals surface area contributed by atoms with E-state index in [1.165, 1.54) is 41.8 Å². The summed E-state index contributed by atoms with van der Waals surface area (Å²) in [5, 5.41) is 0.713. The first kappa shape index (κ1) is 24.3. The van der Waals surface area contributed by atoms with Crippen molar-refractivity contribution in [1.82, 2.24) is 14.5 Å². The summed E-state index contributed by atoms with van der Waals surface area (Å²) < 4.78 is 11.7. The van der Waals surface area contributed by atoms with E-state index in [-0.39, 0.29) is 29.8 Å². The zero-order chi connectivity index (χ0) is 24.9. The van der Waals surface area contributed by atoms with Gasteiger partial charge in [-0.1, -0.05) is 42.1 Å². The van der Waals surface area contributed by atoms with Crippen LogP contribution in [-0.4, -0.2) is 46.2 Å². The van der Waals surface area contributed by atoms with E-state index in [1.807, 2.05) is 37.3 Å². The molecule has 4 rings (SSSR count). The maximum atomic E-state index is 13.4. The van der Waals surface area contributed by atoms with Gasteiger partial charge < -0.3 is 14.1 Å². The third-order valence-corrected chi connectivity index (χ3v) is 6.78. The summed E-state index contributed by atoms with van der Waals surface area (Å²) in [4.78, 5) is 44.6. The van der Waals surface area contributed by atoms with Crippen LogP contribution in [0, 0.1) is 0 Å². The standard InChI is InChI=1S/C26H25N3O5S/c1-17(18-8-5-4-6-9-18)28(2)23(30)16-35-26-27-22-14-19(25(32)33-3)11-12-21(22)24(31)29(26)15-20-10-7-13-34-20/h4-14,17H,15-16H2,1-3H3. The van der Waals surface area contributed by atoms with Gasteiger partial charge in [-0.25, -0.2) is 9.78 Å². The Balaban J connectivity index is 1.65. The molecule has 0 saturated heterocycles. The number of rotatable bonds is 8. The van der Waals surface area contributed by atoms with Crippen molar-refractivity contribution in [3.8, 4) is 0 Å². The van der Waals surface area contributed by atoms with Gasteiger partial charge in [0.05, 0.1) is 48.2 Å². The monoisotopic (exact) mass is 491 g/mol. The summed E-state index contributed by atoms with van der Waals surface area (Å²) in [6.45, 7) is 2.13. The zero-order valence-electron chi connectivity index (χ0n) is 19.6. The van der Waals surface area contributed by atoms with E-state index in [1.54, 1.807) is 30.1 Å². The fourth-order valence-corrected chi connectivity index (χ4v) is 4.58. The van der Waals surface area contributed by atoms with Gasteiger partial charge in [0.2, 0.25) is 5.91 Å². The van der Waals surface area contributed by atoms with Gasteiger partial charge in [-0.05, 0) is 42.8 Å². The van der Waals surface area contributed by atoms with Crippen molar-refractivity contribution in [3.05, 3.63) is 94.2 Å². The van der Waals surface area contributed by atoms with E-state index < -0.39 is 5.97 Å². The minimum absolute atomic E-state index is 0.0838. The number of benzene rings is 2. The van der Waals surface area contributed by atoms with Gasteiger partial charge in [0.25, 0.3) is 5.56 Å². The number of ether oxygens (including phenoxy) is 1. The number of thioether (sulfide) groups is 1. The van der Waals surface area contributed by atoms with Crippen LogP contribution in [0.3, 0.4) is 0 Å². The molecule has 1 unspecified atom stereocenters. The van der Waals surface area contributed by atoms with Crippen LogP contribution < -0.4 is 5.56 Å². The molecule has 0 aliphatic heterocycles. The molecule has 0 fully saturated rings. The Bertz CT molecular complexity index is 1400. The smallest absolute Gasteiger partial charge is 0.337 e. The minimum atomic E-state index is -0.519. The third kappa shape index (κ3) is 5.30. The van der Waals surface area contributed by atoms with Crippen LogP contribution in [0.4, 0.5) is 0 Å². The molecule has 0 saturated carbocycles. The highest BCUT2D eigenvalue weighted by Gasteiger charge is 2.20. The van der Waals surface area contributed by atoms with Crippen LogP contribution in [0.5, 0.6) is 0 Å². The molecule has 2 aromatic heterocycles. The predicted molar refractivity (Wildman–Crippen MR) is 134 cm³/mol. The van der Waals surface area contributed by atoms with E-state index in [0.29, 0.717) is 27.4 Å². The van der Waals surface area contributed by atoms with E-state index >= 15 is 0 Å². The van der Waals surface area contributed by atoms with Gasteiger partial charge in [-0.15, -0.1) is 0 Å². The second-order valence-electron chi connectivity index (χ2n) is 7.97. The highest BCUT2D eigenvalue weighted by atomic mass is 32.2. The summed E-state index contributed by atoms with van der Waals surface area (Å²) in [7, 11) is 3.05. The molecule has 8 nitrogen and oxygen atoms in total. The summed E-state index contributed by atoms with van der Waals surface area (Å²) in [6, 6.07) is 17.8. The lowest BCUT2D eigenvalue weighted by Crippen LogP contribution is -2.31. The summed E-state index contributed by atoms with van der Waals surface area (Å²) in [5.74, 6) is 0.0471. The van der Waals surface area contributed by atoms with Gasteiger partial charge >= 0.3 is 5.97 Å². The largest absolute Gasteiger partial charge is 0.467 e. The number of hydrogen-bond donors (Lipinski definition) is 0. The second-order valence-corrected chi connectivity index (χ2v) is 8.91. The van der Waals surface area contributed by atoms with Gasteiger partial charge in [-0.3, -0.25) is 14.2 Å². The van der Waals surface area contributed by atoms with Crippen LogP contribution in [0.2, 0.25) is 0 Å². The van der Waals surface area contributed by atoms with Gasteiger partial charge in [0.15, 0.2) is 5.16 Å². The maximum absolute atomic E-state index is 13.4. The Morgan fingerprint density at radius 3 is 2.60 bits per heavy atom. The molecule has 0 spiro atoms. The Kier molecular flexibility index (Phi) is 7.36. The maximum Gasteiger partial charge on any atom is 0.337 e. The molecule has 2 aromatic carbocycles. The van der Waals surface area contributed by atoms with E-state index in [0.717, 1.165) is 5.56 Å². The Morgan fingerprint density at radius 1 is 1.14 bits per heavy atom. The minimum Gasteiger partial charge on any atom is -0.467 e. The lowest BCUT2D eigenvalue weighted by atomic mass is 10.1. The molecule has 9 heteroatoms. The van der Waals surface area contributed by atoms with Crippen molar-refractivity contribution in [2.75, 3.05) is 19.9 Å². The fourth-order valence-electron chi connectivity index (χ4n) is 3.65. The highest BCUT2D eigenvalue weighted by Crippen LogP contribution is 2.23. The van der Waals surface area contributed by atoms with E-state index in [4.69, 9.17) is 9.15 Å². The van der Waals surface area contributed by atoms with Crippen molar-refractivity contribution in [3.63, 3.8) is 0 Å². The fraction of sp³-hybridized carbons (Fsp3) is 0.231. The molecular weight excluding hydrogens is 466 g/mol. The highest BCUT2D eigenvalue weighted by molar-refractivity contribution is 7.99. The molecule has 0 aliphatic rings. The number of methoxy groups -OCH3 is 1. The number of furan rings is 1. The third-order valence-electron chi connectivity index (χ3n) is 5.82. The molecule has 1 amide bonds. The topological polar surface area (TPSA) is 94.6 Å². The van der Waals surface area contributed by atoms with E-state index in [9.17, 15) is 14.4 Å². The predicted octanol–water partition coefficient (Wildman–Crippen LogP) is 4.14. The van der Waals surface area contributed by atoms with Crippen molar-refractivity contribution in [1.29, 1.82) is 0 Å². The number of hydrogen-bond acceptors (Lipinski definition) is 7. The number of aromatic nitrogens is 2. The molecule has 2 heterocycles. The normalized spacial score (nSPS) is 11.9. The lowest BCUT2D eigenvalue weighted by molar-refractivity contribution is -0.128. The summed E-state index contributed by atoms with van der Waals surface area (Å²) in [6.07, 6.45) is 1.54. The lowest BCUT2D eigenvalue weighted by Gasteiger charge is -2.25. The number of amides is 1. The average molecular weight is 492 g/mol. The first-order valence-corrected chi connectivity index (χ1v) is 12.0. The first-order valence-electron chi connectivity index (χ1n) is 11.0. The second kappa shape index (κ2) is 10.6. The number of esters is 1. The molecular formula is C26H25N3O5S. The number of carbonyl (C=O) groups excluding carboxylic acids is 2. The van der Waals surface area contributed by atoms with Crippen LogP contribution >= 0.6 is 11.8 Å². The molecule has 0 radical (unpaired) electrons. The van der Waals surface area contributed by atoms with Crippen LogP contribution in [0.1, 0.15) is 34.6 Å². The Labute approximate surface area is 206 Å². The van der Waals surface area contributed by atoms with Crippen molar-refractivity contribution >= 4 is 34.5 Å². The Morgan fingerprint density at radius 2 is 1.91 bits per heavy atom. The molecule has 0 N–H and O–H groups in total. The molecule has 180 valence electrons. The van der Waals surface area contributed by atoms with Gasteiger partial charge in [-0.2, -0.15) is 0 Å².